The molecule has 0 aliphatic heterocycles. The number of pyridine rings is 1. The Morgan fingerprint density at radius 2 is 2.17 bits per heavy atom. The summed E-state index contributed by atoms with van der Waals surface area (Å²) in [4.78, 5) is 16.4. The van der Waals surface area contributed by atoms with Gasteiger partial charge in [0.2, 0.25) is 5.13 Å². The highest BCUT2D eigenvalue weighted by Crippen LogP contribution is 2.34. The fraction of sp³-hybridized carbons (Fsp3) is 0.176. The Labute approximate surface area is 143 Å². The summed E-state index contributed by atoms with van der Waals surface area (Å²) in [6.07, 6.45) is 2.67. The molecular weight excluding hydrogens is 322 g/mol. The summed E-state index contributed by atoms with van der Waals surface area (Å²) in [5.41, 5.74) is 4.91. The maximum absolute atomic E-state index is 12.0. The van der Waals surface area contributed by atoms with Crippen LogP contribution in [0.2, 0.25) is 0 Å². The Bertz CT molecular complexity index is 848. The van der Waals surface area contributed by atoms with Gasteiger partial charge in [-0.1, -0.05) is 35.6 Å². The molecule has 1 atom stereocenters. The lowest BCUT2D eigenvalue weighted by Crippen LogP contribution is -2.24. The van der Waals surface area contributed by atoms with Crippen molar-refractivity contribution in [1.82, 2.24) is 15.2 Å². The van der Waals surface area contributed by atoms with Gasteiger partial charge in [-0.05, 0) is 29.7 Å². The van der Waals surface area contributed by atoms with Crippen LogP contribution in [0.4, 0.5) is 10.9 Å². The lowest BCUT2D eigenvalue weighted by Gasteiger charge is -2.30. The van der Waals surface area contributed by atoms with Crippen molar-refractivity contribution in [2.45, 2.75) is 12.3 Å². The van der Waals surface area contributed by atoms with Crippen LogP contribution in [0.25, 0.3) is 0 Å². The second-order valence-electron chi connectivity index (χ2n) is 5.61. The summed E-state index contributed by atoms with van der Waals surface area (Å²) in [5, 5.41) is 14.0. The van der Waals surface area contributed by atoms with Crippen molar-refractivity contribution < 1.29 is 4.79 Å². The monoisotopic (exact) mass is 337 g/mol. The number of aromatic nitrogens is 3. The van der Waals surface area contributed by atoms with Gasteiger partial charge in [-0.25, -0.2) is 4.98 Å². The van der Waals surface area contributed by atoms with E-state index < -0.39 is 0 Å². The van der Waals surface area contributed by atoms with E-state index in [4.69, 9.17) is 0 Å². The van der Waals surface area contributed by atoms with Crippen molar-refractivity contribution in [3.05, 3.63) is 64.8 Å². The van der Waals surface area contributed by atoms with E-state index in [1.165, 1.54) is 22.5 Å². The van der Waals surface area contributed by atoms with Gasteiger partial charge in [0.05, 0.1) is 5.56 Å². The van der Waals surface area contributed by atoms with Crippen LogP contribution < -0.4 is 10.6 Å². The van der Waals surface area contributed by atoms with Gasteiger partial charge >= 0.3 is 0 Å². The molecule has 0 radical (unpaired) electrons. The van der Waals surface area contributed by atoms with Crippen molar-refractivity contribution in [3.63, 3.8) is 0 Å². The molecule has 3 aromatic rings. The van der Waals surface area contributed by atoms with Crippen LogP contribution in [-0.4, -0.2) is 27.6 Å². The van der Waals surface area contributed by atoms with Crippen molar-refractivity contribution in [2.75, 3.05) is 17.2 Å². The van der Waals surface area contributed by atoms with E-state index in [-0.39, 0.29) is 5.91 Å². The van der Waals surface area contributed by atoms with E-state index in [0.717, 1.165) is 18.8 Å². The van der Waals surface area contributed by atoms with Crippen LogP contribution in [-0.2, 0) is 6.42 Å². The fourth-order valence-electron chi connectivity index (χ4n) is 2.80. The minimum atomic E-state index is -0.237. The normalized spacial score (nSPS) is 15.2. The molecule has 0 saturated heterocycles. The summed E-state index contributed by atoms with van der Waals surface area (Å²) < 4.78 is 0. The van der Waals surface area contributed by atoms with E-state index in [1.807, 2.05) is 6.07 Å². The molecule has 2 N–H and O–H groups in total. The number of nitrogens with one attached hydrogen (secondary N) is 2. The molecule has 1 aliphatic carbocycles. The van der Waals surface area contributed by atoms with Crippen molar-refractivity contribution in [2.24, 2.45) is 0 Å². The largest absolute Gasteiger partial charge is 0.369 e. The smallest absolute Gasteiger partial charge is 0.259 e. The van der Waals surface area contributed by atoms with Crippen molar-refractivity contribution in [3.8, 4) is 0 Å². The number of carbonyl (C=O) groups is 1. The number of rotatable bonds is 5. The third-order valence-electron chi connectivity index (χ3n) is 4.10. The van der Waals surface area contributed by atoms with Gasteiger partial charge in [-0.15, -0.1) is 10.2 Å². The molecule has 1 aromatic carbocycles. The number of hydrogen-bond acceptors (Lipinski definition) is 6. The molecule has 0 unspecified atom stereocenters. The van der Waals surface area contributed by atoms with Gasteiger partial charge in [-0.2, -0.15) is 0 Å². The molecule has 2 heterocycles. The Morgan fingerprint density at radius 1 is 1.25 bits per heavy atom. The van der Waals surface area contributed by atoms with E-state index >= 15 is 0 Å². The second-order valence-corrected chi connectivity index (χ2v) is 6.44. The predicted octanol–water partition coefficient (Wildman–Crippen LogP) is 2.94. The Kier molecular flexibility index (Phi) is 3.92. The van der Waals surface area contributed by atoms with Crippen LogP contribution >= 0.6 is 11.3 Å². The minimum Gasteiger partial charge on any atom is -0.369 e. The van der Waals surface area contributed by atoms with E-state index in [2.05, 4.69) is 50.1 Å². The third-order valence-corrected chi connectivity index (χ3v) is 4.70. The number of amides is 1. The topological polar surface area (TPSA) is 79.8 Å². The molecule has 2 aromatic heterocycles. The van der Waals surface area contributed by atoms with Gasteiger partial charge in [0.25, 0.3) is 5.91 Å². The summed E-state index contributed by atoms with van der Waals surface area (Å²) in [6, 6.07) is 12.1. The zero-order valence-electron chi connectivity index (χ0n) is 12.8. The maximum atomic E-state index is 12.0. The molecule has 4 rings (SSSR count). The van der Waals surface area contributed by atoms with Gasteiger partial charge in [-0.3, -0.25) is 10.1 Å². The van der Waals surface area contributed by atoms with Crippen LogP contribution in [0.5, 0.6) is 0 Å². The van der Waals surface area contributed by atoms with Crippen LogP contribution in [0, 0.1) is 0 Å². The van der Waals surface area contributed by atoms with Gasteiger partial charge in [0.1, 0.15) is 11.3 Å². The van der Waals surface area contributed by atoms with Gasteiger partial charge < -0.3 is 5.32 Å². The number of anilines is 2. The first-order chi connectivity index (χ1) is 11.8. The summed E-state index contributed by atoms with van der Waals surface area (Å²) in [7, 11) is 0. The molecule has 120 valence electrons. The Morgan fingerprint density at radius 3 is 2.92 bits per heavy atom. The van der Waals surface area contributed by atoms with Gasteiger partial charge in [0.15, 0.2) is 0 Å². The number of hydrogen-bond donors (Lipinski definition) is 2. The highest BCUT2D eigenvalue weighted by atomic mass is 32.1. The third kappa shape index (κ3) is 2.98. The number of carbonyl (C=O) groups excluding carboxylic acids is 1. The van der Waals surface area contributed by atoms with E-state index in [9.17, 15) is 4.79 Å². The number of nitrogens with zero attached hydrogens (tertiary/aromatic N) is 3. The molecular formula is C17H15N5OS. The first kappa shape index (κ1) is 14.8. The van der Waals surface area contributed by atoms with Crippen LogP contribution in [0.3, 0.4) is 0 Å². The molecule has 6 nitrogen and oxygen atoms in total. The zero-order chi connectivity index (χ0) is 16.4. The average molecular weight is 337 g/mol. The lowest BCUT2D eigenvalue weighted by molar-refractivity contribution is 0.102. The molecule has 0 fully saturated rings. The Hall–Kier alpha value is -2.80. The molecule has 0 spiro atoms. The van der Waals surface area contributed by atoms with Crippen LogP contribution in [0.15, 0.2) is 48.1 Å². The minimum absolute atomic E-state index is 0.237. The average Bonchev–Trinajstić information content (AvgIpc) is 3.09. The van der Waals surface area contributed by atoms with Crippen molar-refractivity contribution >= 4 is 28.2 Å². The van der Waals surface area contributed by atoms with Crippen molar-refractivity contribution in [1.29, 1.82) is 0 Å². The highest BCUT2D eigenvalue weighted by Gasteiger charge is 2.24. The molecule has 0 saturated carbocycles. The summed E-state index contributed by atoms with van der Waals surface area (Å²) >= 11 is 1.28. The summed E-state index contributed by atoms with van der Waals surface area (Å²) in [5.74, 6) is 1.06. The van der Waals surface area contributed by atoms with Crippen LogP contribution in [0.1, 0.15) is 27.4 Å². The standard InChI is InChI=1S/C17H15N5OS/c23-16(21-17-22-20-10-24-17)12-5-6-15(18-8-12)19-9-13-7-11-3-1-2-4-14(11)13/h1-6,8,10,13H,7,9H2,(H,18,19)(H,21,22,23)/t13-/m1/s1. The second kappa shape index (κ2) is 6.37. The first-order valence-corrected chi connectivity index (χ1v) is 8.53. The van der Waals surface area contributed by atoms with E-state index in [1.54, 1.807) is 17.8 Å². The summed E-state index contributed by atoms with van der Waals surface area (Å²) in [6.45, 7) is 0.848. The number of benzene rings is 1. The van der Waals surface area contributed by atoms with E-state index in [0.29, 0.717) is 16.6 Å². The molecule has 1 aliphatic rings. The van der Waals surface area contributed by atoms with Gasteiger partial charge in [0, 0.05) is 18.7 Å². The molecule has 1 amide bonds. The molecule has 7 heteroatoms. The predicted molar refractivity (Wildman–Crippen MR) is 93.5 cm³/mol. The molecule has 24 heavy (non-hydrogen) atoms. The number of fused-ring (bicyclic) bond motifs is 1. The lowest BCUT2D eigenvalue weighted by atomic mass is 9.77. The maximum Gasteiger partial charge on any atom is 0.259 e. The molecule has 0 bridgehead atoms. The zero-order valence-corrected chi connectivity index (χ0v) is 13.6. The quantitative estimate of drug-likeness (QED) is 0.748. The first-order valence-electron chi connectivity index (χ1n) is 7.65. The fourth-order valence-corrected chi connectivity index (χ4v) is 3.24. The highest BCUT2D eigenvalue weighted by molar-refractivity contribution is 7.13. The SMILES string of the molecule is O=C(Nc1nncs1)c1ccc(NC[C@H]2Cc3ccccc32)nc1. The Balaban J connectivity index is 1.34.